The summed E-state index contributed by atoms with van der Waals surface area (Å²) < 4.78 is 10.7. The summed E-state index contributed by atoms with van der Waals surface area (Å²) in [6, 6.07) is 13.4. The van der Waals surface area contributed by atoms with Gasteiger partial charge in [0.1, 0.15) is 0 Å². The van der Waals surface area contributed by atoms with Crippen molar-refractivity contribution < 1.29 is 14.3 Å². The number of hydrogen-bond acceptors (Lipinski definition) is 4. The van der Waals surface area contributed by atoms with Gasteiger partial charge in [-0.05, 0) is 49.0 Å². The molecular weight excluding hydrogens is 350 g/mol. The number of carbonyl (C=O) groups excluding carboxylic acids is 1. The van der Waals surface area contributed by atoms with E-state index in [2.05, 4.69) is 10.6 Å². The summed E-state index contributed by atoms with van der Waals surface area (Å²) in [5.41, 5.74) is 2.94. The number of fused-ring (bicyclic) bond motifs is 1. The molecule has 0 spiro atoms. The highest BCUT2D eigenvalue weighted by atomic mass is 32.1. The molecule has 0 bridgehead atoms. The summed E-state index contributed by atoms with van der Waals surface area (Å²) in [4.78, 5) is 13.8. The van der Waals surface area contributed by atoms with Crippen LogP contribution in [0.5, 0.6) is 11.5 Å². The lowest BCUT2D eigenvalue weighted by Gasteiger charge is -2.20. The molecule has 1 aliphatic heterocycles. The number of nitrogens with one attached hydrogen (secondary N) is 2. The molecule has 1 amide bonds. The molecule has 2 aromatic rings. The Morgan fingerprint density at radius 2 is 1.88 bits per heavy atom. The molecule has 2 aromatic carbocycles. The van der Waals surface area contributed by atoms with E-state index in [0.29, 0.717) is 11.7 Å². The van der Waals surface area contributed by atoms with Gasteiger partial charge in [-0.25, -0.2) is 0 Å². The monoisotopic (exact) mass is 371 g/mol. The zero-order valence-corrected chi connectivity index (χ0v) is 15.6. The molecular formula is C19H21N3O3S. The van der Waals surface area contributed by atoms with E-state index < -0.39 is 0 Å². The van der Waals surface area contributed by atoms with Crippen LogP contribution in [-0.4, -0.2) is 36.3 Å². The highest BCUT2D eigenvalue weighted by molar-refractivity contribution is 7.80. The van der Waals surface area contributed by atoms with Crippen molar-refractivity contribution in [2.24, 2.45) is 0 Å². The molecule has 1 heterocycles. The van der Waals surface area contributed by atoms with Crippen molar-refractivity contribution in [1.82, 2.24) is 10.2 Å². The number of likely N-dealkylation sites (N-methyl/N-ethyl adjacent to an activating group) is 1. The molecule has 0 saturated carbocycles. The van der Waals surface area contributed by atoms with Crippen LogP contribution in [0, 0.1) is 6.92 Å². The Morgan fingerprint density at radius 3 is 2.65 bits per heavy atom. The van der Waals surface area contributed by atoms with Gasteiger partial charge >= 0.3 is 0 Å². The molecule has 0 radical (unpaired) electrons. The van der Waals surface area contributed by atoms with Gasteiger partial charge in [-0.1, -0.05) is 23.8 Å². The smallest absolute Gasteiger partial charge is 0.243 e. The molecule has 0 saturated heterocycles. The third kappa shape index (κ3) is 4.64. The maximum absolute atomic E-state index is 12.1. The standard InChI is InChI=1S/C19H21N3O3S/c1-13-3-6-15(7-4-13)21-18(23)11-22(2)19(26)20-10-14-5-8-16-17(9-14)25-12-24-16/h3-9H,10-12H2,1-2H3,(H,20,26)(H,21,23). The molecule has 0 atom stereocenters. The first-order chi connectivity index (χ1) is 12.5. The third-order valence-corrected chi connectivity index (χ3v) is 4.40. The predicted molar refractivity (Wildman–Crippen MR) is 104 cm³/mol. The lowest BCUT2D eigenvalue weighted by atomic mass is 10.2. The maximum atomic E-state index is 12.1. The average molecular weight is 371 g/mol. The molecule has 0 aromatic heterocycles. The highest BCUT2D eigenvalue weighted by Gasteiger charge is 2.14. The van der Waals surface area contributed by atoms with Gasteiger partial charge in [0, 0.05) is 19.3 Å². The zero-order chi connectivity index (χ0) is 18.5. The van der Waals surface area contributed by atoms with Crippen LogP contribution in [-0.2, 0) is 11.3 Å². The normalized spacial score (nSPS) is 11.8. The minimum absolute atomic E-state index is 0.122. The van der Waals surface area contributed by atoms with Gasteiger partial charge in [-0.2, -0.15) is 0 Å². The van der Waals surface area contributed by atoms with Crippen LogP contribution in [0.15, 0.2) is 42.5 Å². The zero-order valence-electron chi connectivity index (χ0n) is 14.7. The van der Waals surface area contributed by atoms with E-state index in [0.717, 1.165) is 28.3 Å². The Morgan fingerprint density at radius 1 is 1.15 bits per heavy atom. The van der Waals surface area contributed by atoms with Crippen molar-refractivity contribution in [1.29, 1.82) is 0 Å². The summed E-state index contributed by atoms with van der Waals surface area (Å²) in [6.07, 6.45) is 0. The first-order valence-electron chi connectivity index (χ1n) is 8.25. The Kier molecular flexibility index (Phi) is 5.58. The fourth-order valence-electron chi connectivity index (χ4n) is 2.49. The van der Waals surface area contributed by atoms with Crippen molar-refractivity contribution >= 4 is 28.9 Å². The molecule has 3 rings (SSSR count). The summed E-state index contributed by atoms with van der Waals surface area (Å²) >= 11 is 5.35. The average Bonchev–Trinajstić information content (AvgIpc) is 3.09. The molecule has 0 fully saturated rings. The number of ether oxygens (including phenoxy) is 2. The Hall–Kier alpha value is -2.80. The van der Waals surface area contributed by atoms with E-state index in [1.165, 1.54) is 0 Å². The third-order valence-electron chi connectivity index (χ3n) is 3.94. The van der Waals surface area contributed by atoms with Crippen molar-refractivity contribution in [3.8, 4) is 11.5 Å². The molecule has 0 unspecified atom stereocenters. The maximum Gasteiger partial charge on any atom is 0.243 e. The van der Waals surface area contributed by atoms with Gasteiger partial charge in [-0.3, -0.25) is 4.79 Å². The number of aryl methyl sites for hydroxylation is 1. The number of amides is 1. The van der Waals surface area contributed by atoms with E-state index >= 15 is 0 Å². The minimum atomic E-state index is -0.122. The van der Waals surface area contributed by atoms with E-state index in [9.17, 15) is 4.79 Å². The van der Waals surface area contributed by atoms with Gasteiger partial charge in [0.05, 0.1) is 6.54 Å². The van der Waals surface area contributed by atoms with Crippen LogP contribution < -0.4 is 20.1 Å². The second kappa shape index (κ2) is 8.05. The Bertz CT molecular complexity index is 808. The van der Waals surface area contributed by atoms with Crippen molar-refractivity contribution in [3.63, 3.8) is 0 Å². The summed E-state index contributed by atoms with van der Waals surface area (Å²) in [5.74, 6) is 1.37. The Balaban J connectivity index is 1.46. The van der Waals surface area contributed by atoms with Crippen LogP contribution in [0.1, 0.15) is 11.1 Å². The molecule has 1 aliphatic rings. The molecule has 6 nitrogen and oxygen atoms in total. The van der Waals surface area contributed by atoms with Gasteiger partial charge in [0.25, 0.3) is 0 Å². The molecule has 2 N–H and O–H groups in total. The lowest BCUT2D eigenvalue weighted by molar-refractivity contribution is -0.116. The van der Waals surface area contributed by atoms with Crippen LogP contribution in [0.25, 0.3) is 0 Å². The Labute approximate surface area is 158 Å². The van der Waals surface area contributed by atoms with E-state index in [4.69, 9.17) is 21.7 Å². The number of carbonyl (C=O) groups is 1. The number of hydrogen-bond donors (Lipinski definition) is 2. The second-order valence-electron chi connectivity index (χ2n) is 6.12. The number of nitrogens with zero attached hydrogens (tertiary/aromatic N) is 1. The number of rotatable bonds is 5. The van der Waals surface area contributed by atoms with E-state index in [1.54, 1.807) is 11.9 Å². The summed E-state index contributed by atoms with van der Waals surface area (Å²) in [5, 5.41) is 6.51. The van der Waals surface area contributed by atoms with Gasteiger partial charge in [-0.15, -0.1) is 0 Å². The number of anilines is 1. The quantitative estimate of drug-likeness (QED) is 0.788. The SMILES string of the molecule is Cc1ccc(NC(=O)CN(C)C(=S)NCc2ccc3c(c2)OCO3)cc1. The summed E-state index contributed by atoms with van der Waals surface area (Å²) in [6.45, 7) is 2.97. The van der Waals surface area contributed by atoms with Crippen molar-refractivity contribution in [2.45, 2.75) is 13.5 Å². The molecule has 26 heavy (non-hydrogen) atoms. The van der Waals surface area contributed by atoms with Crippen LogP contribution in [0.4, 0.5) is 5.69 Å². The second-order valence-corrected chi connectivity index (χ2v) is 6.50. The van der Waals surface area contributed by atoms with Crippen LogP contribution in [0.3, 0.4) is 0 Å². The summed E-state index contributed by atoms with van der Waals surface area (Å²) in [7, 11) is 1.78. The minimum Gasteiger partial charge on any atom is -0.454 e. The van der Waals surface area contributed by atoms with Gasteiger partial charge in [0.2, 0.25) is 12.7 Å². The first-order valence-corrected chi connectivity index (χ1v) is 8.66. The van der Waals surface area contributed by atoms with Crippen molar-refractivity contribution in [2.75, 3.05) is 25.7 Å². The topological polar surface area (TPSA) is 62.8 Å². The molecule has 136 valence electrons. The fraction of sp³-hybridized carbons (Fsp3) is 0.263. The van der Waals surface area contributed by atoms with Gasteiger partial charge in [0.15, 0.2) is 16.6 Å². The van der Waals surface area contributed by atoms with Gasteiger partial charge < -0.3 is 25.0 Å². The van der Waals surface area contributed by atoms with Crippen LogP contribution >= 0.6 is 12.2 Å². The van der Waals surface area contributed by atoms with E-state index in [-0.39, 0.29) is 19.2 Å². The first kappa shape index (κ1) is 18.0. The fourth-order valence-corrected chi connectivity index (χ4v) is 2.62. The predicted octanol–water partition coefficient (Wildman–Crippen LogP) is 2.67. The van der Waals surface area contributed by atoms with Crippen LogP contribution in [0.2, 0.25) is 0 Å². The van der Waals surface area contributed by atoms with Crippen molar-refractivity contribution in [3.05, 3.63) is 53.6 Å². The largest absolute Gasteiger partial charge is 0.454 e. The molecule has 7 heteroatoms. The number of thiocarbonyl (C=S) groups is 1. The lowest BCUT2D eigenvalue weighted by Crippen LogP contribution is -2.41. The molecule has 0 aliphatic carbocycles. The highest BCUT2D eigenvalue weighted by Crippen LogP contribution is 2.32. The number of benzene rings is 2. The van der Waals surface area contributed by atoms with E-state index in [1.807, 2.05) is 49.4 Å².